The Labute approximate surface area is 149 Å². The van der Waals surface area contributed by atoms with Crippen LogP contribution in [0.5, 0.6) is 5.75 Å². The minimum atomic E-state index is 0.0596. The van der Waals surface area contributed by atoms with Gasteiger partial charge in [0.15, 0.2) is 0 Å². The molecular formula is C17H20O3S3. The quantitative estimate of drug-likeness (QED) is 0.457. The third kappa shape index (κ3) is 6.04. The van der Waals surface area contributed by atoms with Gasteiger partial charge in [0.2, 0.25) is 0 Å². The van der Waals surface area contributed by atoms with Crippen LogP contribution in [-0.4, -0.2) is 44.0 Å². The number of hydrogen-bond acceptors (Lipinski definition) is 6. The average molecular weight is 369 g/mol. The van der Waals surface area contributed by atoms with Crippen LogP contribution < -0.4 is 4.74 Å². The van der Waals surface area contributed by atoms with E-state index in [9.17, 15) is 0 Å². The Morgan fingerprint density at radius 1 is 1.26 bits per heavy atom. The number of thioether (sulfide) groups is 2. The summed E-state index contributed by atoms with van der Waals surface area (Å²) in [6.07, 6.45) is 2.41. The Morgan fingerprint density at radius 3 is 2.74 bits per heavy atom. The molecule has 0 spiro atoms. The van der Waals surface area contributed by atoms with E-state index in [1.54, 1.807) is 23.1 Å². The largest absolute Gasteiger partial charge is 0.491 e. The van der Waals surface area contributed by atoms with Gasteiger partial charge in [0.05, 0.1) is 13.2 Å². The van der Waals surface area contributed by atoms with E-state index in [1.807, 2.05) is 23.9 Å². The van der Waals surface area contributed by atoms with Gasteiger partial charge in [-0.15, -0.1) is 23.5 Å². The summed E-state index contributed by atoms with van der Waals surface area (Å²) in [6.45, 7) is 2.04. The van der Waals surface area contributed by atoms with Crippen molar-refractivity contribution < 1.29 is 14.2 Å². The number of rotatable bonds is 10. The minimum absolute atomic E-state index is 0.0596. The number of thiophene rings is 1. The van der Waals surface area contributed by atoms with Gasteiger partial charge in [0.25, 0.3) is 0 Å². The second-order valence-electron chi connectivity index (χ2n) is 5.17. The van der Waals surface area contributed by atoms with Gasteiger partial charge in [-0.25, -0.2) is 0 Å². The zero-order chi connectivity index (χ0) is 15.9. The highest BCUT2D eigenvalue weighted by Crippen LogP contribution is 2.24. The first-order chi connectivity index (χ1) is 11.3. The van der Waals surface area contributed by atoms with E-state index in [4.69, 9.17) is 14.2 Å². The van der Waals surface area contributed by atoms with Crippen molar-refractivity contribution in [3.63, 3.8) is 0 Å². The van der Waals surface area contributed by atoms with Crippen LogP contribution in [0.2, 0.25) is 0 Å². The topological polar surface area (TPSA) is 31.0 Å². The molecule has 1 aliphatic heterocycles. The first-order valence-corrected chi connectivity index (χ1v) is 10.6. The summed E-state index contributed by atoms with van der Waals surface area (Å²) in [5.74, 6) is 1.77. The summed E-state index contributed by atoms with van der Waals surface area (Å²) in [5.41, 5.74) is 0. The molecule has 2 unspecified atom stereocenters. The smallest absolute Gasteiger partial charge is 0.119 e. The molecule has 3 nitrogen and oxygen atoms in total. The van der Waals surface area contributed by atoms with Crippen molar-refractivity contribution in [1.82, 2.24) is 0 Å². The summed E-state index contributed by atoms with van der Waals surface area (Å²) < 4.78 is 17.1. The molecule has 2 atom stereocenters. The average Bonchev–Trinajstić information content (AvgIpc) is 3.28. The van der Waals surface area contributed by atoms with Crippen LogP contribution in [0.4, 0.5) is 0 Å². The number of benzene rings is 1. The van der Waals surface area contributed by atoms with Gasteiger partial charge in [0, 0.05) is 20.9 Å². The molecule has 1 fully saturated rings. The molecular weight excluding hydrogens is 348 g/mol. The third-order valence-electron chi connectivity index (χ3n) is 3.35. The van der Waals surface area contributed by atoms with E-state index in [1.165, 1.54) is 9.79 Å². The van der Waals surface area contributed by atoms with Crippen molar-refractivity contribution in [1.29, 1.82) is 0 Å². The van der Waals surface area contributed by atoms with Gasteiger partial charge in [0.1, 0.15) is 24.6 Å². The predicted molar refractivity (Wildman–Crippen MR) is 98.2 cm³/mol. The zero-order valence-corrected chi connectivity index (χ0v) is 15.4. The van der Waals surface area contributed by atoms with Gasteiger partial charge < -0.3 is 14.2 Å². The molecule has 0 amide bonds. The summed E-state index contributed by atoms with van der Waals surface area (Å²) in [6, 6.07) is 10.3. The Bertz CT molecular complexity index is 567. The summed E-state index contributed by atoms with van der Waals surface area (Å²) in [4.78, 5) is 2.53. The van der Waals surface area contributed by atoms with E-state index in [-0.39, 0.29) is 12.2 Å². The van der Waals surface area contributed by atoms with Crippen LogP contribution in [0, 0.1) is 0 Å². The molecule has 0 N–H and O–H groups in total. The van der Waals surface area contributed by atoms with Crippen molar-refractivity contribution in [3.05, 3.63) is 41.1 Å². The number of hydrogen-bond donors (Lipinski definition) is 0. The first-order valence-electron chi connectivity index (χ1n) is 7.48. The van der Waals surface area contributed by atoms with Crippen molar-refractivity contribution >= 4 is 34.9 Å². The summed E-state index contributed by atoms with van der Waals surface area (Å²) >= 11 is 5.26. The normalized spacial score (nSPS) is 17.9. The van der Waals surface area contributed by atoms with Crippen LogP contribution in [0.1, 0.15) is 0 Å². The molecule has 2 heterocycles. The summed E-state index contributed by atoms with van der Waals surface area (Å²) in [7, 11) is 0. The van der Waals surface area contributed by atoms with Gasteiger partial charge in [-0.05, 0) is 42.0 Å². The maximum Gasteiger partial charge on any atom is 0.119 e. The second kappa shape index (κ2) is 8.99. The van der Waals surface area contributed by atoms with Crippen LogP contribution in [0.3, 0.4) is 0 Å². The minimum Gasteiger partial charge on any atom is -0.491 e. The highest BCUT2D eigenvalue weighted by atomic mass is 32.2. The fourth-order valence-corrected chi connectivity index (χ4v) is 4.12. The molecule has 3 rings (SSSR count). The molecule has 0 bridgehead atoms. The van der Waals surface area contributed by atoms with E-state index in [0.717, 1.165) is 18.1 Å². The molecule has 0 aliphatic carbocycles. The molecule has 1 aromatic heterocycles. The highest BCUT2D eigenvalue weighted by molar-refractivity contribution is 7.99. The lowest BCUT2D eigenvalue weighted by molar-refractivity contribution is 0.0270. The fraction of sp³-hybridized carbons (Fsp3) is 0.412. The molecule has 1 aromatic carbocycles. The van der Waals surface area contributed by atoms with Crippen molar-refractivity contribution in [2.24, 2.45) is 0 Å². The molecule has 1 aliphatic rings. The molecule has 0 saturated carbocycles. The lowest BCUT2D eigenvalue weighted by Gasteiger charge is -2.18. The SMILES string of the molecule is CSc1ccc(OCC(CSc2ccsc2)OCC2CO2)cc1. The maximum absolute atomic E-state index is 5.96. The maximum atomic E-state index is 5.96. The Hall–Kier alpha value is -0.660. The Balaban J connectivity index is 1.48. The number of epoxide rings is 1. The first kappa shape index (κ1) is 17.2. The second-order valence-corrected chi connectivity index (χ2v) is 7.92. The fourth-order valence-electron chi connectivity index (χ4n) is 1.94. The van der Waals surface area contributed by atoms with Crippen LogP contribution in [-0.2, 0) is 9.47 Å². The molecule has 23 heavy (non-hydrogen) atoms. The van der Waals surface area contributed by atoms with Gasteiger partial charge in [-0.1, -0.05) is 0 Å². The van der Waals surface area contributed by atoms with E-state index in [0.29, 0.717) is 13.2 Å². The standard InChI is InChI=1S/C17H20O3S3/c1-21-16-4-2-13(3-5-16)18-10-15(20-9-14-8-19-14)11-23-17-6-7-22-12-17/h2-7,12,14-15H,8-11H2,1H3. The molecule has 6 heteroatoms. The van der Waals surface area contributed by atoms with Crippen molar-refractivity contribution in [3.8, 4) is 5.75 Å². The van der Waals surface area contributed by atoms with E-state index < -0.39 is 0 Å². The van der Waals surface area contributed by atoms with E-state index in [2.05, 4.69) is 35.2 Å². The molecule has 124 valence electrons. The Kier molecular flexibility index (Phi) is 6.71. The predicted octanol–water partition coefficient (Wildman–Crippen LogP) is 4.43. The van der Waals surface area contributed by atoms with Crippen molar-refractivity contribution in [2.45, 2.75) is 22.0 Å². The molecule has 1 saturated heterocycles. The molecule has 2 aromatic rings. The van der Waals surface area contributed by atoms with Gasteiger partial charge in [-0.3, -0.25) is 0 Å². The monoisotopic (exact) mass is 368 g/mol. The highest BCUT2D eigenvalue weighted by Gasteiger charge is 2.24. The lowest BCUT2D eigenvalue weighted by Crippen LogP contribution is -2.26. The van der Waals surface area contributed by atoms with Crippen LogP contribution in [0.25, 0.3) is 0 Å². The van der Waals surface area contributed by atoms with Crippen molar-refractivity contribution in [2.75, 3.05) is 31.8 Å². The third-order valence-corrected chi connectivity index (χ3v) is 6.05. The van der Waals surface area contributed by atoms with Crippen LogP contribution >= 0.6 is 34.9 Å². The lowest BCUT2D eigenvalue weighted by atomic mass is 10.3. The van der Waals surface area contributed by atoms with Crippen LogP contribution in [0.15, 0.2) is 50.9 Å². The Morgan fingerprint density at radius 2 is 2.09 bits per heavy atom. The van der Waals surface area contributed by atoms with E-state index >= 15 is 0 Å². The summed E-state index contributed by atoms with van der Waals surface area (Å²) in [5, 5.41) is 4.26. The molecule has 0 radical (unpaired) electrons. The van der Waals surface area contributed by atoms with Gasteiger partial charge in [-0.2, -0.15) is 11.3 Å². The van der Waals surface area contributed by atoms with Gasteiger partial charge >= 0.3 is 0 Å². The number of ether oxygens (including phenoxy) is 3. The zero-order valence-electron chi connectivity index (χ0n) is 13.0.